The van der Waals surface area contributed by atoms with Gasteiger partial charge in [-0.2, -0.15) is 0 Å². The summed E-state index contributed by atoms with van der Waals surface area (Å²) in [5, 5.41) is 94.5. The third kappa shape index (κ3) is 9.16. The summed E-state index contributed by atoms with van der Waals surface area (Å²) in [6, 6.07) is 1.76. The first-order chi connectivity index (χ1) is 29.4. The number of phenolic OH excluding ortho intramolecular Hbond substituents is 2. The molecule has 2 aliphatic heterocycles. The van der Waals surface area contributed by atoms with Crippen LogP contribution in [0.25, 0.3) is 0 Å². The molecule has 4 amide bonds. The number of aliphatic hydroxyl groups excluding tert-OH is 2. The maximum Gasteiger partial charge on any atom is 0.406 e. The van der Waals surface area contributed by atoms with Crippen LogP contribution in [0.1, 0.15) is 91.1 Å². The highest BCUT2D eigenvalue weighted by Crippen LogP contribution is 2.41. The van der Waals surface area contributed by atoms with Gasteiger partial charge >= 0.3 is 24.4 Å². The van der Waals surface area contributed by atoms with Gasteiger partial charge in [0.1, 0.15) is 11.5 Å². The Labute approximate surface area is 350 Å². The van der Waals surface area contributed by atoms with Gasteiger partial charge < -0.3 is 51.5 Å². The number of fused-ring (bicyclic) bond motifs is 2. The number of aromatic hydroxyl groups is 2. The largest absolute Gasteiger partial charge is 0.507 e. The monoisotopic (exact) mass is 868 g/mol. The van der Waals surface area contributed by atoms with Crippen molar-refractivity contribution in [2.75, 3.05) is 39.4 Å². The van der Waals surface area contributed by atoms with Crippen LogP contribution in [0.5, 0.6) is 11.5 Å². The SMILES string of the molecule is O=C(O)NCCCC1=NC(CO)CCN[C@@]1(NC(=O)O)C(=O)c1ccc(C(=O)[C@]2(NC(=O)O)NCCC(CO)N=C2CCCNC(=O)O)c2c1C(=O)c1c(O)ccc(O)c1C2=O. The first-order valence-corrected chi connectivity index (χ1v) is 19.1. The Morgan fingerprint density at radius 2 is 0.968 bits per heavy atom. The van der Waals surface area contributed by atoms with Gasteiger partial charge in [-0.05, 0) is 62.8 Å². The van der Waals surface area contributed by atoms with Crippen LogP contribution in [0.2, 0.25) is 0 Å². The molecule has 0 saturated carbocycles. The van der Waals surface area contributed by atoms with Crippen molar-refractivity contribution in [1.82, 2.24) is 31.9 Å². The van der Waals surface area contributed by atoms with Crippen LogP contribution in [0.3, 0.4) is 0 Å². The summed E-state index contributed by atoms with van der Waals surface area (Å²) < 4.78 is 0. The fraction of sp³-hybridized carbons (Fsp3) is 0.421. The maximum atomic E-state index is 15.2. The Bertz CT molecular complexity index is 2110. The molecule has 0 spiro atoms. The second-order valence-corrected chi connectivity index (χ2v) is 14.4. The van der Waals surface area contributed by atoms with E-state index in [0.29, 0.717) is 0 Å². The van der Waals surface area contributed by atoms with Gasteiger partial charge in [0, 0.05) is 48.4 Å². The van der Waals surface area contributed by atoms with E-state index >= 15 is 9.59 Å². The van der Waals surface area contributed by atoms with Crippen LogP contribution < -0.4 is 31.9 Å². The number of phenols is 2. The van der Waals surface area contributed by atoms with Crippen molar-refractivity contribution in [3.05, 3.63) is 57.6 Å². The van der Waals surface area contributed by atoms with E-state index in [9.17, 15) is 59.4 Å². The molecule has 2 heterocycles. The van der Waals surface area contributed by atoms with Gasteiger partial charge in [-0.3, -0.25) is 50.4 Å². The number of carbonyl (C=O) groups excluding carboxylic acids is 4. The van der Waals surface area contributed by atoms with Crippen LogP contribution in [0, 0.1) is 0 Å². The zero-order valence-electron chi connectivity index (χ0n) is 32.7. The molecule has 0 radical (unpaired) electrons. The molecule has 4 atom stereocenters. The number of hydrogen-bond donors (Lipinski definition) is 14. The summed E-state index contributed by atoms with van der Waals surface area (Å²) in [5.41, 5.74) is -10.5. The molecule has 0 saturated heterocycles. The molecule has 62 heavy (non-hydrogen) atoms. The van der Waals surface area contributed by atoms with Crippen LogP contribution in [0.15, 0.2) is 34.3 Å². The Morgan fingerprint density at radius 3 is 1.29 bits per heavy atom. The van der Waals surface area contributed by atoms with Crippen LogP contribution in [-0.2, 0) is 0 Å². The van der Waals surface area contributed by atoms with Crippen molar-refractivity contribution in [3.63, 3.8) is 0 Å². The van der Waals surface area contributed by atoms with E-state index in [4.69, 9.17) is 10.2 Å². The van der Waals surface area contributed by atoms with Gasteiger partial charge in [0.15, 0.2) is 22.9 Å². The fourth-order valence-corrected chi connectivity index (χ4v) is 7.73. The minimum atomic E-state index is -2.58. The number of carboxylic acid groups (broad SMARTS) is 4. The van der Waals surface area contributed by atoms with Crippen molar-refractivity contribution in [1.29, 1.82) is 0 Å². The zero-order chi connectivity index (χ0) is 45.5. The molecule has 2 unspecified atom stereocenters. The summed E-state index contributed by atoms with van der Waals surface area (Å²) in [6.07, 6.45) is -6.97. The minimum absolute atomic E-state index is 0.0479. The van der Waals surface area contributed by atoms with Gasteiger partial charge in [-0.1, -0.05) is 0 Å². The molecule has 2 aromatic rings. The van der Waals surface area contributed by atoms with Gasteiger partial charge in [0.05, 0.1) is 47.8 Å². The number of benzene rings is 2. The van der Waals surface area contributed by atoms with Crippen LogP contribution in [0.4, 0.5) is 19.2 Å². The Hall–Kier alpha value is -7.02. The first kappa shape index (κ1) is 46.1. The van der Waals surface area contributed by atoms with Gasteiger partial charge in [-0.25, -0.2) is 19.2 Å². The average molecular weight is 869 g/mol. The Morgan fingerprint density at radius 1 is 0.597 bits per heavy atom. The first-order valence-electron chi connectivity index (χ1n) is 19.1. The number of aliphatic imine (C=N–C) groups is 2. The summed E-state index contributed by atoms with van der Waals surface area (Å²) in [7, 11) is 0. The molecular weight excluding hydrogens is 824 g/mol. The number of aliphatic hydroxyl groups is 2. The maximum absolute atomic E-state index is 15.2. The number of hydrogen-bond acceptors (Lipinski definition) is 16. The molecule has 0 fully saturated rings. The molecule has 0 bridgehead atoms. The number of rotatable bonds is 16. The van der Waals surface area contributed by atoms with E-state index in [2.05, 4.69) is 41.9 Å². The number of nitrogens with zero attached hydrogens (tertiary/aromatic N) is 2. The molecule has 332 valence electrons. The second kappa shape index (κ2) is 19.1. The molecular formula is C38H44N8O16. The quantitative estimate of drug-likeness (QED) is 0.0506. The molecule has 24 heteroatoms. The molecule has 2 aromatic carbocycles. The summed E-state index contributed by atoms with van der Waals surface area (Å²) in [6.45, 7) is -1.89. The van der Waals surface area contributed by atoms with Crippen molar-refractivity contribution in [2.45, 2.75) is 61.9 Å². The topological polar surface area (TPSA) is 395 Å². The van der Waals surface area contributed by atoms with Crippen molar-refractivity contribution in [3.8, 4) is 11.5 Å². The third-order valence-corrected chi connectivity index (χ3v) is 10.5. The zero-order valence-corrected chi connectivity index (χ0v) is 32.7. The highest BCUT2D eigenvalue weighted by molar-refractivity contribution is 6.37. The van der Waals surface area contributed by atoms with E-state index in [-0.39, 0.29) is 76.1 Å². The van der Waals surface area contributed by atoms with Gasteiger partial charge in [-0.15, -0.1) is 0 Å². The predicted octanol–water partition coefficient (Wildman–Crippen LogP) is -0.148. The molecule has 0 aromatic heterocycles. The molecule has 3 aliphatic rings. The minimum Gasteiger partial charge on any atom is -0.507 e. The van der Waals surface area contributed by atoms with Crippen LogP contribution in [-0.4, -0.2) is 163 Å². The van der Waals surface area contributed by atoms with Gasteiger partial charge in [0.2, 0.25) is 11.6 Å². The van der Waals surface area contributed by atoms with E-state index in [1.807, 2.05) is 0 Å². The van der Waals surface area contributed by atoms with Crippen molar-refractivity contribution in [2.24, 2.45) is 9.98 Å². The lowest BCUT2D eigenvalue weighted by atomic mass is 9.74. The lowest BCUT2D eigenvalue weighted by molar-refractivity contribution is 0.0852. The lowest BCUT2D eigenvalue weighted by Crippen LogP contribution is -2.69. The number of Topliss-reactive ketones (excluding diaryl/α,β-unsaturated/α-hetero) is 2. The normalized spacial score (nSPS) is 22.0. The highest BCUT2D eigenvalue weighted by atomic mass is 16.4. The molecule has 5 rings (SSSR count). The van der Waals surface area contributed by atoms with Crippen molar-refractivity contribution < 1.29 is 79.2 Å². The van der Waals surface area contributed by atoms with Crippen LogP contribution >= 0.6 is 0 Å². The second-order valence-electron chi connectivity index (χ2n) is 14.4. The van der Waals surface area contributed by atoms with Gasteiger partial charge in [0.25, 0.3) is 0 Å². The molecule has 14 N–H and O–H groups in total. The number of nitrogens with one attached hydrogen (secondary N) is 6. The number of ketones is 4. The summed E-state index contributed by atoms with van der Waals surface area (Å²) in [5.74, 6) is -6.85. The Kier molecular flexibility index (Phi) is 14.2. The highest BCUT2D eigenvalue weighted by Gasteiger charge is 2.52. The smallest absolute Gasteiger partial charge is 0.406 e. The molecule has 24 nitrogen and oxygen atoms in total. The Balaban J connectivity index is 1.80. The van der Waals surface area contributed by atoms with E-state index in [0.717, 1.165) is 24.3 Å². The van der Waals surface area contributed by atoms with E-state index in [1.165, 1.54) is 0 Å². The lowest BCUT2D eigenvalue weighted by Gasteiger charge is -2.36. The summed E-state index contributed by atoms with van der Waals surface area (Å²) in [4.78, 5) is 116. The average Bonchev–Trinajstić information content (AvgIpc) is 3.51. The standard InChI is InChI=1S/C38H44N8O16/c47-15-17-9-13-41-37(45-35(59)60,23(43-17)3-1-11-39-33(55)56)31(53)19-5-6-20(26-25(19)29(51)27-21(49)7-8-22(50)28(27)30(26)52)32(54)38(46-36(61)62)24(4-2-12-40-34(57)58)44-18(16-48)10-14-42-38/h5-8,17-18,39-42,45-50H,1-4,9-16H2,(H,55,56)(H,57,58)(H,59,60)(H,61,62)/t17?,18?,37-,38-/m0/s1. The van der Waals surface area contributed by atoms with E-state index in [1.54, 1.807) is 0 Å². The number of amides is 4. The predicted molar refractivity (Wildman–Crippen MR) is 212 cm³/mol. The van der Waals surface area contributed by atoms with Crippen molar-refractivity contribution >= 4 is 58.9 Å². The molecule has 1 aliphatic carbocycles. The third-order valence-electron chi connectivity index (χ3n) is 10.5. The summed E-state index contributed by atoms with van der Waals surface area (Å²) >= 11 is 0. The fourth-order valence-electron chi connectivity index (χ4n) is 7.73. The van der Waals surface area contributed by atoms with E-state index < -0.39 is 129 Å². The number of carbonyl (C=O) groups is 8.